The van der Waals surface area contributed by atoms with E-state index in [9.17, 15) is 4.79 Å². The summed E-state index contributed by atoms with van der Waals surface area (Å²) in [6.07, 6.45) is 3.31. The number of Topliss-reactive ketones (excluding diaryl/α,β-unsaturated/α-hetero) is 1. The second-order valence-electron chi connectivity index (χ2n) is 3.18. The molecule has 13 heavy (non-hydrogen) atoms. The van der Waals surface area contributed by atoms with Crippen LogP contribution in [0.4, 0.5) is 0 Å². The highest BCUT2D eigenvalue weighted by Crippen LogP contribution is 2.10. The highest BCUT2D eigenvalue weighted by molar-refractivity contribution is 7.09. The first kappa shape index (κ1) is 10.4. The fourth-order valence-corrected chi connectivity index (χ4v) is 1.77. The summed E-state index contributed by atoms with van der Waals surface area (Å²) in [5.74, 6) is 0.312. The van der Waals surface area contributed by atoms with Crippen LogP contribution in [0.1, 0.15) is 36.9 Å². The van der Waals surface area contributed by atoms with Gasteiger partial charge < -0.3 is 0 Å². The Morgan fingerprint density at radius 1 is 1.62 bits per heavy atom. The lowest BCUT2D eigenvalue weighted by atomic mass is 10.1. The monoisotopic (exact) mass is 197 g/mol. The third-order valence-corrected chi connectivity index (χ3v) is 2.68. The summed E-state index contributed by atoms with van der Waals surface area (Å²) in [5, 5.41) is 3.01. The van der Waals surface area contributed by atoms with Crippen molar-refractivity contribution in [3.63, 3.8) is 0 Å². The van der Waals surface area contributed by atoms with E-state index >= 15 is 0 Å². The number of hydrogen-bond acceptors (Lipinski definition) is 3. The summed E-state index contributed by atoms with van der Waals surface area (Å²) in [7, 11) is 0. The average Bonchev–Trinajstić information content (AvgIpc) is 2.48. The molecule has 0 N–H and O–H groups in total. The zero-order chi connectivity index (χ0) is 9.68. The van der Waals surface area contributed by atoms with Crippen molar-refractivity contribution in [2.24, 2.45) is 0 Å². The average molecular weight is 197 g/mol. The molecule has 2 nitrogen and oxygen atoms in total. The summed E-state index contributed by atoms with van der Waals surface area (Å²) in [5.41, 5.74) is 0.934. The number of carbonyl (C=O) groups excluding carboxylic acids is 1. The molecule has 0 saturated heterocycles. The summed E-state index contributed by atoms with van der Waals surface area (Å²) in [6.45, 7) is 4.06. The van der Waals surface area contributed by atoms with E-state index in [0.29, 0.717) is 18.6 Å². The zero-order valence-electron chi connectivity index (χ0n) is 8.17. The van der Waals surface area contributed by atoms with Gasteiger partial charge >= 0.3 is 0 Å². The van der Waals surface area contributed by atoms with Gasteiger partial charge in [0.2, 0.25) is 0 Å². The fraction of sp³-hybridized carbons (Fsp3) is 0.600. The molecule has 0 aromatic carbocycles. The molecule has 0 spiro atoms. The minimum atomic E-state index is 0.312. The number of aryl methyl sites for hydroxylation is 1. The van der Waals surface area contributed by atoms with E-state index in [-0.39, 0.29) is 0 Å². The minimum Gasteiger partial charge on any atom is -0.299 e. The zero-order valence-corrected chi connectivity index (χ0v) is 8.99. The van der Waals surface area contributed by atoms with Gasteiger partial charge in [0.15, 0.2) is 0 Å². The molecule has 0 atom stereocenters. The molecule has 0 aliphatic rings. The second kappa shape index (κ2) is 5.12. The molecule has 72 valence electrons. The number of aromatic nitrogens is 1. The Morgan fingerprint density at radius 2 is 2.38 bits per heavy atom. The van der Waals surface area contributed by atoms with Gasteiger partial charge in [-0.25, -0.2) is 4.98 Å². The van der Waals surface area contributed by atoms with Crippen molar-refractivity contribution in [2.45, 2.75) is 39.5 Å². The molecular weight excluding hydrogens is 182 g/mol. The van der Waals surface area contributed by atoms with E-state index in [1.165, 1.54) is 0 Å². The van der Waals surface area contributed by atoms with Gasteiger partial charge in [-0.1, -0.05) is 13.3 Å². The lowest BCUT2D eigenvalue weighted by molar-refractivity contribution is -0.118. The van der Waals surface area contributed by atoms with Gasteiger partial charge in [0.25, 0.3) is 0 Å². The largest absolute Gasteiger partial charge is 0.299 e. The van der Waals surface area contributed by atoms with Gasteiger partial charge in [-0.3, -0.25) is 4.79 Å². The molecule has 1 heterocycles. The first-order valence-electron chi connectivity index (χ1n) is 4.65. The Balaban J connectivity index is 2.36. The molecule has 0 bridgehead atoms. The molecule has 0 unspecified atom stereocenters. The Morgan fingerprint density at radius 3 is 2.92 bits per heavy atom. The van der Waals surface area contributed by atoms with Gasteiger partial charge in [0.05, 0.1) is 10.7 Å². The fourth-order valence-electron chi connectivity index (χ4n) is 1.15. The van der Waals surface area contributed by atoms with Gasteiger partial charge in [-0.2, -0.15) is 0 Å². The highest BCUT2D eigenvalue weighted by atomic mass is 32.1. The third kappa shape index (κ3) is 3.68. The maximum atomic E-state index is 11.3. The quantitative estimate of drug-likeness (QED) is 0.726. The normalized spacial score (nSPS) is 10.3. The number of unbranched alkanes of at least 4 members (excludes halogenated alkanes) is 1. The van der Waals surface area contributed by atoms with Crippen molar-refractivity contribution in [3.05, 3.63) is 16.1 Å². The van der Waals surface area contributed by atoms with Gasteiger partial charge in [-0.15, -0.1) is 11.3 Å². The van der Waals surface area contributed by atoms with E-state index in [1.54, 1.807) is 11.3 Å². The van der Waals surface area contributed by atoms with Gasteiger partial charge in [0, 0.05) is 18.2 Å². The number of thiazole rings is 1. The Labute approximate surface area is 83.0 Å². The number of ketones is 1. The maximum absolute atomic E-state index is 11.3. The molecule has 1 rings (SSSR count). The van der Waals surface area contributed by atoms with Crippen LogP contribution in [0.5, 0.6) is 0 Å². The molecule has 0 aliphatic carbocycles. The van der Waals surface area contributed by atoms with Crippen molar-refractivity contribution >= 4 is 17.1 Å². The van der Waals surface area contributed by atoms with E-state index < -0.39 is 0 Å². The molecule has 1 aromatic heterocycles. The van der Waals surface area contributed by atoms with Crippen LogP contribution in [0.2, 0.25) is 0 Å². The van der Waals surface area contributed by atoms with Crippen molar-refractivity contribution in [1.82, 2.24) is 4.98 Å². The minimum absolute atomic E-state index is 0.312. The molecule has 0 aliphatic heterocycles. The Kier molecular flexibility index (Phi) is 4.09. The molecule has 0 saturated carbocycles. The van der Waals surface area contributed by atoms with Crippen LogP contribution in [-0.4, -0.2) is 10.8 Å². The third-order valence-electron chi connectivity index (χ3n) is 1.85. The van der Waals surface area contributed by atoms with Crippen molar-refractivity contribution in [1.29, 1.82) is 0 Å². The number of hydrogen-bond donors (Lipinski definition) is 0. The maximum Gasteiger partial charge on any atom is 0.138 e. The van der Waals surface area contributed by atoms with E-state index in [4.69, 9.17) is 0 Å². The smallest absolute Gasteiger partial charge is 0.138 e. The molecule has 0 radical (unpaired) electrons. The summed E-state index contributed by atoms with van der Waals surface area (Å²) < 4.78 is 0. The van der Waals surface area contributed by atoms with Gasteiger partial charge in [0.1, 0.15) is 5.78 Å². The van der Waals surface area contributed by atoms with E-state index in [1.807, 2.05) is 12.3 Å². The van der Waals surface area contributed by atoms with Crippen molar-refractivity contribution in [3.8, 4) is 0 Å². The second-order valence-corrected chi connectivity index (χ2v) is 4.24. The predicted molar refractivity (Wildman–Crippen MR) is 55.1 cm³/mol. The predicted octanol–water partition coefficient (Wildman–Crippen LogP) is 2.75. The molecule has 0 amide bonds. The summed E-state index contributed by atoms with van der Waals surface area (Å²) in [4.78, 5) is 15.6. The van der Waals surface area contributed by atoms with Crippen molar-refractivity contribution in [2.75, 3.05) is 0 Å². The Bertz CT molecular complexity index is 280. The number of rotatable bonds is 5. The standard InChI is InChI=1S/C10H15NOS/c1-3-4-5-10(12)6-9-7-13-8(2)11-9/h7H,3-6H2,1-2H3. The SMILES string of the molecule is CCCCC(=O)Cc1csc(C)n1. The van der Waals surface area contributed by atoms with Crippen molar-refractivity contribution < 1.29 is 4.79 Å². The van der Waals surface area contributed by atoms with Crippen LogP contribution in [0.15, 0.2) is 5.38 Å². The van der Waals surface area contributed by atoms with Crippen LogP contribution < -0.4 is 0 Å². The molecule has 3 heteroatoms. The van der Waals surface area contributed by atoms with Crippen LogP contribution in [0, 0.1) is 6.92 Å². The van der Waals surface area contributed by atoms with Crippen LogP contribution in [0.25, 0.3) is 0 Å². The lowest BCUT2D eigenvalue weighted by Gasteiger charge is -1.95. The first-order chi connectivity index (χ1) is 6.22. The topological polar surface area (TPSA) is 30.0 Å². The molecular formula is C10H15NOS. The molecule has 1 aromatic rings. The number of carbonyl (C=O) groups is 1. The summed E-state index contributed by atoms with van der Waals surface area (Å²) in [6, 6.07) is 0. The van der Waals surface area contributed by atoms with Gasteiger partial charge in [-0.05, 0) is 13.3 Å². The van der Waals surface area contributed by atoms with Crippen LogP contribution in [-0.2, 0) is 11.2 Å². The lowest BCUT2D eigenvalue weighted by Crippen LogP contribution is -2.02. The van der Waals surface area contributed by atoms with Crippen LogP contribution >= 0.6 is 11.3 Å². The van der Waals surface area contributed by atoms with Crippen LogP contribution in [0.3, 0.4) is 0 Å². The van der Waals surface area contributed by atoms with E-state index in [0.717, 1.165) is 23.5 Å². The number of nitrogens with zero attached hydrogens (tertiary/aromatic N) is 1. The van der Waals surface area contributed by atoms with E-state index in [2.05, 4.69) is 11.9 Å². The Hall–Kier alpha value is -0.700. The first-order valence-corrected chi connectivity index (χ1v) is 5.53. The highest BCUT2D eigenvalue weighted by Gasteiger charge is 2.05. The summed E-state index contributed by atoms with van der Waals surface area (Å²) >= 11 is 1.61. The molecule has 0 fully saturated rings.